The molecule has 0 unspecified atom stereocenters. The molecule has 0 radical (unpaired) electrons. The normalized spacial score (nSPS) is 11.4. The Morgan fingerprint density at radius 2 is 1.88 bits per heavy atom. The zero-order chi connectivity index (χ0) is 6.78. The third kappa shape index (κ3) is 5.93. The van der Waals surface area contributed by atoms with E-state index >= 15 is 0 Å². The van der Waals surface area contributed by atoms with Gasteiger partial charge < -0.3 is 10.0 Å². The molecule has 0 atom stereocenters. The van der Waals surface area contributed by atoms with Crippen LogP contribution in [0.4, 0.5) is 0 Å². The van der Waals surface area contributed by atoms with Crippen LogP contribution >= 0.6 is 0 Å². The first-order valence-corrected chi connectivity index (χ1v) is 4.02. The quantitative estimate of drug-likeness (QED) is 0.434. The Hall–Kier alpha value is -0.0651. The molecule has 4 nitrogen and oxygen atoms in total. The van der Waals surface area contributed by atoms with Gasteiger partial charge >= 0.3 is 7.12 Å². The van der Waals surface area contributed by atoms with Crippen molar-refractivity contribution in [2.75, 3.05) is 11.9 Å². The van der Waals surface area contributed by atoms with E-state index in [-0.39, 0.29) is 0 Å². The Balaban J connectivity index is 3.75. The minimum Gasteiger partial charge on any atom is -0.426 e. The van der Waals surface area contributed by atoms with Gasteiger partial charge in [-0.1, -0.05) is 0 Å². The van der Waals surface area contributed by atoms with Crippen molar-refractivity contribution in [1.82, 2.24) is 0 Å². The Morgan fingerprint density at radius 1 is 1.50 bits per heavy atom. The second-order valence-electron chi connectivity index (χ2n) is 1.57. The van der Waals surface area contributed by atoms with Crippen LogP contribution in [-0.4, -0.2) is 37.5 Å². The van der Waals surface area contributed by atoms with Gasteiger partial charge in [0.15, 0.2) is 0 Å². The molecule has 0 aliphatic rings. The van der Waals surface area contributed by atoms with Gasteiger partial charge in [0.2, 0.25) is 0 Å². The monoisotopic (exact) mass is 138 g/mol. The first-order valence-electron chi connectivity index (χ1n) is 1.95. The molecule has 0 amide bonds. The molecule has 0 bridgehead atoms. The van der Waals surface area contributed by atoms with Gasteiger partial charge in [-0.25, -0.2) is 8.42 Å². The van der Waals surface area contributed by atoms with Crippen LogP contribution in [0.5, 0.6) is 0 Å². The lowest BCUT2D eigenvalue weighted by Gasteiger charge is -1.92. The minimum absolute atomic E-state index is 0.590. The lowest BCUT2D eigenvalue weighted by atomic mass is 9.98. The molecule has 6 heteroatoms. The maximum Gasteiger partial charge on any atom is 0.467 e. The zero-order valence-corrected chi connectivity index (χ0v) is 5.22. The average molecular weight is 138 g/mol. The van der Waals surface area contributed by atoms with Crippen LogP contribution in [0.2, 0.25) is 0 Å². The summed E-state index contributed by atoms with van der Waals surface area (Å²) in [4.78, 5) is 0. The van der Waals surface area contributed by atoms with Crippen LogP contribution in [0.1, 0.15) is 0 Å². The maximum absolute atomic E-state index is 10.1. The highest BCUT2D eigenvalue weighted by Crippen LogP contribution is 1.81. The summed E-state index contributed by atoms with van der Waals surface area (Å²) >= 11 is 0. The van der Waals surface area contributed by atoms with Crippen molar-refractivity contribution in [2.45, 2.75) is 0 Å². The largest absolute Gasteiger partial charge is 0.467 e. The molecule has 0 spiro atoms. The van der Waals surface area contributed by atoms with Gasteiger partial charge in [-0.15, -0.1) is 0 Å². The molecule has 0 aliphatic carbocycles. The highest BCUT2D eigenvalue weighted by Gasteiger charge is 2.14. The molecule has 0 fully saturated rings. The highest BCUT2D eigenvalue weighted by atomic mass is 32.2. The lowest BCUT2D eigenvalue weighted by molar-refractivity contribution is 0.414. The second kappa shape index (κ2) is 2.47. The van der Waals surface area contributed by atoms with Gasteiger partial charge in [-0.3, -0.25) is 0 Å². The van der Waals surface area contributed by atoms with E-state index in [1.165, 1.54) is 0 Å². The fourth-order valence-corrected chi connectivity index (χ4v) is 0.812. The molecule has 0 saturated heterocycles. The number of rotatable bonds is 2. The van der Waals surface area contributed by atoms with Crippen molar-refractivity contribution in [2.24, 2.45) is 0 Å². The number of hydrogen-bond acceptors (Lipinski definition) is 4. The van der Waals surface area contributed by atoms with Crippen molar-refractivity contribution in [3.05, 3.63) is 0 Å². The molecule has 8 heavy (non-hydrogen) atoms. The minimum atomic E-state index is -3.22. The molecule has 0 heterocycles. The van der Waals surface area contributed by atoms with Crippen molar-refractivity contribution in [3.63, 3.8) is 0 Å². The van der Waals surface area contributed by atoms with E-state index in [1.54, 1.807) is 0 Å². The molecule has 0 aliphatic heterocycles. The van der Waals surface area contributed by atoms with Gasteiger partial charge in [-0.2, -0.15) is 0 Å². The Labute approximate surface area is 48.2 Å². The molecule has 0 aromatic heterocycles. The Bertz CT molecular complexity index is 147. The highest BCUT2D eigenvalue weighted by molar-refractivity contribution is 7.92. The predicted molar refractivity (Wildman–Crippen MR) is 29.9 cm³/mol. The SMILES string of the molecule is CS(=O)(=O)CB(O)O. The summed E-state index contributed by atoms with van der Waals surface area (Å²) in [5, 5.41) is 16.1. The second-order valence-corrected chi connectivity index (χ2v) is 3.76. The van der Waals surface area contributed by atoms with E-state index in [0.717, 1.165) is 6.26 Å². The van der Waals surface area contributed by atoms with Crippen molar-refractivity contribution in [3.8, 4) is 0 Å². The average Bonchev–Trinajstić information content (AvgIpc) is 1.21. The number of hydrogen-bond donors (Lipinski definition) is 2. The third-order valence-electron chi connectivity index (χ3n) is 0.452. The summed E-state index contributed by atoms with van der Waals surface area (Å²) in [5.74, 6) is 0. The summed E-state index contributed by atoms with van der Waals surface area (Å²) < 4.78 is 20.2. The van der Waals surface area contributed by atoms with E-state index in [1.807, 2.05) is 0 Å². The lowest BCUT2D eigenvalue weighted by Crippen LogP contribution is -2.23. The van der Waals surface area contributed by atoms with Crippen LogP contribution < -0.4 is 0 Å². The van der Waals surface area contributed by atoms with Crippen LogP contribution in [0.25, 0.3) is 0 Å². The van der Waals surface area contributed by atoms with Gasteiger partial charge in [0, 0.05) is 6.26 Å². The number of sulfone groups is 1. The molecular formula is C2H7BO4S. The van der Waals surface area contributed by atoms with Crippen LogP contribution in [-0.2, 0) is 9.84 Å². The van der Waals surface area contributed by atoms with Crippen molar-refractivity contribution in [1.29, 1.82) is 0 Å². The van der Waals surface area contributed by atoms with E-state index in [2.05, 4.69) is 0 Å². The molecule has 0 aromatic carbocycles. The van der Waals surface area contributed by atoms with E-state index < -0.39 is 22.6 Å². The third-order valence-corrected chi connectivity index (χ3v) is 1.36. The standard InChI is InChI=1S/C2H7BO4S/c1-8(6,7)2-3(4)5/h4-5H,2H2,1H3. The molecule has 2 N–H and O–H groups in total. The summed E-state index contributed by atoms with van der Waals surface area (Å²) in [6.07, 6.45) is 0.937. The molecule has 0 rings (SSSR count). The van der Waals surface area contributed by atoms with E-state index in [4.69, 9.17) is 10.0 Å². The summed E-state index contributed by atoms with van der Waals surface area (Å²) in [6, 6.07) is 0. The fraction of sp³-hybridized carbons (Fsp3) is 1.00. The summed E-state index contributed by atoms with van der Waals surface area (Å²) in [5.41, 5.74) is -0.590. The van der Waals surface area contributed by atoms with E-state index in [0.29, 0.717) is 0 Å². The maximum atomic E-state index is 10.1. The first kappa shape index (κ1) is 7.93. The van der Waals surface area contributed by atoms with Gasteiger partial charge in [-0.05, 0) is 0 Å². The van der Waals surface area contributed by atoms with Crippen LogP contribution in [0.15, 0.2) is 0 Å². The smallest absolute Gasteiger partial charge is 0.426 e. The summed E-state index contributed by atoms with van der Waals surface area (Å²) in [6.45, 7) is 0. The van der Waals surface area contributed by atoms with Gasteiger partial charge in [0.1, 0.15) is 9.84 Å². The van der Waals surface area contributed by atoms with Crippen LogP contribution in [0.3, 0.4) is 0 Å². The molecule has 48 valence electrons. The van der Waals surface area contributed by atoms with Crippen LogP contribution in [0, 0.1) is 0 Å². The molecular weight excluding hydrogens is 131 g/mol. The van der Waals surface area contributed by atoms with Crippen molar-refractivity contribution < 1.29 is 18.5 Å². The van der Waals surface area contributed by atoms with E-state index in [9.17, 15) is 8.42 Å². The Morgan fingerprint density at radius 3 is 1.88 bits per heavy atom. The Kier molecular flexibility index (Phi) is 2.45. The molecule has 0 saturated carbocycles. The molecule has 0 aromatic rings. The summed E-state index contributed by atoms with van der Waals surface area (Å²) in [7, 11) is -4.97. The topological polar surface area (TPSA) is 74.6 Å². The first-order chi connectivity index (χ1) is 3.42. The van der Waals surface area contributed by atoms with Gasteiger partial charge in [0.25, 0.3) is 0 Å². The van der Waals surface area contributed by atoms with Gasteiger partial charge in [0.05, 0.1) is 5.65 Å². The predicted octanol–water partition coefficient (Wildman–Crippen LogP) is -1.96. The zero-order valence-electron chi connectivity index (χ0n) is 4.40. The van der Waals surface area contributed by atoms with Crippen molar-refractivity contribution >= 4 is 17.0 Å². The fourth-order valence-electron chi connectivity index (χ4n) is 0.271.